The molecule has 0 aliphatic rings. The Balaban J connectivity index is 3.06. The summed E-state index contributed by atoms with van der Waals surface area (Å²) in [5, 5.41) is 0.726. The van der Waals surface area contributed by atoms with Crippen LogP contribution in [-0.4, -0.2) is 12.0 Å². The summed E-state index contributed by atoms with van der Waals surface area (Å²) >= 11 is 10.9. The molecule has 0 fully saturated rings. The van der Waals surface area contributed by atoms with Gasteiger partial charge in [0.2, 0.25) is 0 Å². The molecule has 0 spiro atoms. The fourth-order valence-corrected chi connectivity index (χ4v) is 2.22. The van der Waals surface area contributed by atoms with E-state index in [0.29, 0.717) is 0 Å². The molecule has 4 heteroatoms. The van der Waals surface area contributed by atoms with Crippen molar-refractivity contribution in [3.63, 3.8) is 0 Å². The first kappa shape index (κ1) is 12.1. The highest BCUT2D eigenvalue weighted by Crippen LogP contribution is 2.31. The van der Waals surface area contributed by atoms with Crippen LogP contribution in [0.15, 0.2) is 23.1 Å². The number of hydrogen-bond acceptors (Lipinski definition) is 2. The molecular formula is C10H10BrClOS. The third-order valence-corrected chi connectivity index (χ3v) is 4.22. The van der Waals surface area contributed by atoms with Gasteiger partial charge in [0.05, 0.1) is 9.85 Å². The molecule has 14 heavy (non-hydrogen) atoms. The van der Waals surface area contributed by atoms with E-state index >= 15 is 0 Å². The number of carbonyl (C=O) groups is 1. The fraction of sp³-hybridized carbons (Fsp3) is 0.300. The third kappa shape index (κ3) is 2.75. The van der Waals surface area contributed by atoms with Gasteiger partial charge in [-0.1, -0.05) is 33.6 Å². The molecule has 0 radical (unpaired) electrons. The number of carbonyl (C=O) groups excluding carboxylic acids is 1. The number of thioether (sulfide) groups is 1. The van der Waals surface area contributed by atoms with Crippen LogP contribution in [0.1, 0.15) is 17.3 Å². The predicted octanol–water partition coefficient (Wildman–Crippen LogP) is 4.09. The maximum atomic E-state index is 11.1. The number of benzene rings is 1. The van der Waals surface area contributed by atoms with Gasteiger partial charge < -0.3 is 0 Å². The molecule has 0 saturated heterocycles. The van der Waals surface area contributed by atoms with Gasteiger partial charge in [0, 0.05) is 4.90 Å². The molecule has 0 bridgehead atoms. The first-order chi connectivity index (χ1) is 6.56. The molecule has 1 aromatic carbocycles. The van der Waals surface area contributed by atoms with E-state index in [1.54, 1.807) is 18.7 Å². The average Bonchev–Trinajstić information content (AvgIpc) is 2.17. The van der Waals surface area contributed by atoms with Crippen molar-refractivity contribution in [3.05, 3.63) is 28.8 Å². The Kier molecular flexibility index (Phi) is 4.48. The minimum atomic E-state index is -0.231. The maximum Gasteiger partial charge on any atom is 0.147 e. The van der Waals surface area contributed by atoms with Crippen molar-refractivity contribution in [2.24, 2.45) is 0 Å². The van der Waals surface area contributed by atoms with Crippen molar-refractivity contribution in [2.45, 2.75) is 16.6 Å². The van der Waals surface area contributed by atoms with Crippen molar-refractivity contribution in [1.82, 2.24) is 0 Å². The minimum Gasteiger partial charge on any atom is -0.298 e. The molecule has 1 rings (SSSR count). The molecule has 0 saturated carbocycles. The van der Waals surface area contributed by atoms with E-state index in [0.717, 1.165) is 15.5 Å². The fourth-order valence-electron chi connectivity index (χ4n) is 1.07. The van der Waals surface area contributed by atoms with Gasteiger partial charge in [-0.3, -0.25) is 4.79 Å². The predicted molar refractivity (Wildman–Crippen MR) is 65.6 cm³/mol. The van der Waals surface area contributed by atoms with Crippen molar-refractivity contribution in [1.29, 1.82) is 0 Å². The van der Waals surface area contributed by atoms with Crippen LogP contribution in [0.3, 0.4) is 0 Å². The second-order valence-electron chi connectivity index (χ2n) is 2.87. The maximum absolute atomic E-state index is 11.1. The third-order valence-electron chi connectivity index (χ3n) is 1.82. The van der Waals surface area contributed by atoms with Gasteiger partial charge in [-0.25, -0.2) is 0 Å². The van der Waals surface area contributed by atoms with Gasteiger partial charge in [0.15, 0.2) is 0 Å². The van der Waals surface area contributed by atoms with Crippen LogP contribution in [0, 0.1) is 0 Å². The number of ketones is 1. The largest absolute Gasteiger partial charge is 0.298 e. The first-order valence-electron chi connectivity index (χ1n) is 4.04. The summed E-state index contributed by atoms with van der Waals surface area (Å²) in [7, 11) is 0. The van der Waals surface area contributed by atoms with Gasteiger partial charge in [-0.2, -0.15) is 0 Å². The van der Waals surface area contributed by atoms with Crippen molar-refractivity contribution in [2.75, 3.05) is 6.26 Å². The van der Waals surface area contributed by atoms with Crippen LogP contribution >= 0.6 is 39.3 Å². The zero-order valence-corrected chi connectivity index (χ0v) is 11.0. The Labute approximate surface area is 101 Å². The van der Waals surface area contributed by atoms with E-state index < -0.39 is 0 Å². The topological polar surface area (TPSA) is 17.1 Å². The number of rotatable bonds is 3. The number of hydrogen-bond donors (Lipinski definition) is 0. The summed E-state index contributed by atoms with van der Waals surface area (Å²) in [4.78, 5) is 11.9. The highest BCUT2D eigenvalue weighted by Gasteiger charge is 2.13. The first-order valence-corrected chi connectivity index (χ1v) is 6.56. The van der Waals surface area contributed by atoms with Crippen molar-refractivity contribution < 1.29 is 4.79 Å². The van der Waals surface area contributed by atoms with Gasteiger partial charge >= 0.3 is 0 Å². The molecule has 1 nitrogen and oxygen atoms in total. The molecule has 0 N–H and O–H groups in total. The molecule has 0 amide bonds. The zero-order valence-electron chi connectivity index (χ0n) is 7.88. The summed E-state index contributed by atoms with van der Waals surface area (Å²) in [5.41, 5.74) is 0.950. The Hall–Kier alpha value is 0.01000. The normalized spacial score (nSPS) is 12.6. The number of Topliss-reactive ketones (excluding diaryl/α,β-unsaturated/α-hetero) is 1. The van der Waals surface area contributed by atoms with Crippen LogP contribution in [0.2, 0.25) is 5.02 Å². The molecule has 76 valence electrons. The number of alkyl halides is 1. The van der Waals surface area contributed by atoms with E-state index in [2.05, 4.69) is 15.9 Å². The highest BCUT2D eigenvalue weighted by molar-refractivity contribution is 9.09. The highest BCUT2D eigenvalue weighted by atomic mass is 79.9. The zero-order chi connectivity index (χ0) is 10.7. The van der Waals surface area contributed by atoms with Crippen LogP contribution in [0.25, 0.3) is 0 Å². The van der Waals surface area contributed by atoms with E-state index in [-0.39, 0.29) is 10.6 Å². The molecule has 0 aliphatic carbocycles. The van der Waals surface area contributed by atoms with E-state index in [9.17, 15) is 4.79 Å². The lowest BCUT2D eigenvalue weighted by Gasteiger charge is -2.08. The summed E-state index contributed by atoms with van der Waals surface area (Å²) in [5.74, 6) is 0.0966. The molecule has 1 aromatic rings. The Morgan fingerprint density at radius 3 is 2.71 bits per heavy atom. The second-order valence-corrected chi connectivity index (χ2v) is 5.04. The van der Waals surface area contributed by atoms with Crippen LogP contribution < -0.4 is 0 Å². The quantitative estimate of drug-likeness (QED) is 0.617. The summed E-state index contributed by atoms with van der Waals surface area (Å²) < 4.78 is 0. The molecule has 0 heterocycles. The standard InChI is InChI=1S/C10H10BrClOS/c1-6(13)10(11)7-3-4-8(12)9(5-7)14-2/h3-5,10H,1-2H3. The summed E-state index contributed by atoms with van der Waals surface area (Å²) in [6, 6.07) is 5.62. The number of halogens is 2. The van der Waals surface area contributed by atoms with Gasteiger partial charge in [-0.05, 0) is 30.9 Å². The van der Waals surface area contributed by atoms with E-state index in [1.165, 1.54) is 0 Å². The van der Waals surface area contributed by atoms with Gasteiger partial charge in [0.1, 0.15) is 5.78 Å². The minimum absolute atomic E-state index is 0.0966. The lowest BCUT2D eigenvalue weighted by atomic mass is 10.1. The lowest BCUT2D eigenvalue weighted by molar-refractivity contribution is -0.116. The smallest absolute Gasteiger partial charge is 0.147 e. The molecule has 1 unspecified atom stereocenters. The van der Waals surface area contributed by atoms with Gasteiger partial charge in [0.25, 0.3) is 0 Å². The van der Waals surface area contributed by atoms with Crippen molar-refractivity contribution in [3.8, 4) is 0 Å². The average molecular weight is 294 g/mol. The Morgan fingerprint density at radius 1 is 1.57 bits per heavy atom. The summed E-state index contributed by atoms with van der Waals surface area (Å²) in [6.07, 6.45) is 1.96. The van der Waals surface area contributed by atoms with Crippen molar-refractivity contribution >= 4 is 45.1 Å². The van der Waals surface area contributed by atoms with Crippen LogP contribution in [0.5, 0.6) is 0 Å². The molecular weight excluding hydrogens is 284 g/mol. The molecule has 0 aliphatic heterocycles. The van der Waals surface area contributed by atoms with E-state index in [4.69, 9.17) is 11.6 Å². The summed E-state index contributed by atoms with van der Waals surface area (Å²) in [6.45, 7) is 1.56. The van der Waals surface area contributed by atoms with Crippen LogP contribution in [0.4, 0.5) is 0 Å². The van der Waals surface area contributed by atoms with Crippen LogP contribution in [-0.2, 0) is 4.79 Å². The monoisotopic (exact) mass is 292 g/mol. The second kappa shape index (κ2) is 5.19. The van der Waals surface area contributed by atoms with Gasteiger partial charge in [-0.15, -0.1) is 11.8 Å². The molecule has 1 atom stereocenters. The SMILES string of the molecule is CSc1cc(C(Br)C(C)=O)ccc1Cl. The Bertz CT molecular complexity index is 354. The molecule has 0 aromatic heterocycles. The Morgan fingerprint density at radius 2 is 2.21 bits per heavy atom. The lowest BCUT2D eigenvalue weighted by Crippen LogP contribution is -2.00. The van der Waals surface area contributed by atoms with E-state index in [1.807, 2.05) is 24.5 Å².